The van der Waals surface area contributed by atoms with E-state index in [1.54, 1.807) is 4.90 Å². The number of carboxylic acids is 1. The number of ether oxygens (including phenoxy) is 2. The highest BCUT2D eigenvalue weighted by Gasteiger charge is 2.30. The Labute approximate surface area is 205 Å². The van der Waals surface area contributed by atoms with Crippen molar-refractivity contribution in [3.8, 4) is 11.1 Å². The number of aliphatic carboxylic acids is 1. The summed E-state index contributed by atoms with van der Waals surface area (Å²) in [6, 6.07) is 16.3. The van der Waals surface area contributed by atoms with Crippen LogP contribution in [-0.4, -0.2) is 66.9 Å². The zero-order valence-corrected chi connectivity index (χ0v) is 19.9. The van der Waals surface area contributed by atoms with Crippen molar-refractivity contribution in [1.82, 2.24) is 10.2 Å². The molecule has 2 aromatic rings. The average molecular weight is 481 g/mol. The maximum Gasteiger partial charge on any atom is 0.407 e. The van der Waals surface area contributed by atoms with Gasteiger partial charge >= 0.3 is 12.1 Å². The lowest BCUT2D eigenvalue weighted by Gasteiger charge is -2.33. The topological polar surface area (TPSA) is 105 Å². The third kappa shape index (κ3) is 5.82. The fourth-order valence-electron chi connectivity index (χ4n) is 4.95. The molecule has 8 nitrogen and oxygen atoms in total. The molecule has 1 atom stereocenters. The van der Waals surface area contributed by atoms with E-state index in [0.29, 0.717) is 32.4 Å². The summed E-state index contributed by atoms with van der Waals surface area (Å²) in [7, 11) is 0. The highest BCUT2D eigenvalue weighted by atomic mass is 16.5. The van der Waals surface area contributed by atoms with Crippen molar-refractivity contribution in [2.75, 3.05) is 32.8 Å². The third-order valence-corrected chi connectivity index (χ3v) is 6.87. The first-order valence-electron chi connectivity index (χ1n) is 12.2. The second-order valence-electron chi connectivity index (χ2n) is 9.04. The molecule has 35 heavy (non-hydrogen) atoms. The molecular weight excluding hydrogens is 448 g/mol. The molecule has 1 heterocycles. The molecule has 186 valence electrons. The first-order valence-corrected chi connectivity index (χ1v) is 12.2. The van der Waals surface area contributed by atoms with Crippen LogP contribution in [0.15, 0.2) is 48.5 Å². The van der Waals surface area contributed by atoms with E-state index < -0.39 is 12.1 Å². The zero-order chi connectivity index (χ0) is 24.8. The lowest BCUT2D eigenvalue weighted by atomic mass is 9.98. The second-order valence-corrected chi connectivity index (χ2v) is 9.04. The van der Waals surface area contributed by atoms with Gasteiger partial charge in [-0.25, -0.2) is 9.59 Å². The molecule has 2 aromatic carbocycles. The summed E-state index contributed by atoms with van der Waals surface area (Å²) in [6.07, 6.45) is 1.13. The Morgan fingerprint density at radius 1 is 1.03 bits per heavy atom. The molecule has 1 aliphatic carbocycles. The van der Waals surface area contributed by atoms with Gasteiger partial charge < -0.3 is 24.8 Å². The number of amides is 2. The van der Waals surface area contributed by atoms with E-state index >= 15 is 0 Å². The molecule has 0 saturated carbocycles. The number of hydrogen-bond donors (Lipinski definition) is 2. The van der Waals surface area contributed by atoms with Crippen LogP contribution in [0.1, 0.15) is 43.2 Å². The Morgan fingerprint density at radius 2 is 1.63 bits per heavy atom. The van der Waals surface area contributed by atoms with Crippen LogP contribution in [-0.2, 0) is 19.1 Å². The van der Waals surface area contributed by atoms with Crippen LogP contribution in [0.25, 0.3) is 11.1 Å². The van der Waals surface area contributed by atoms with E-state index in [1.807, 2.05) is 31.2 Å². The van der Waals surface area contributed by atoms with Crippen LogP contribution in [0.3, 0.4) is 0 Å². The Balaban J connectivity index is 1.25. The summed E-state index contributed by atoms with van der Waals surface area (Å²) in [5, 5.41) is 11.5. The lowest BCUT2D eigenvalue weighted by molar-refractivity contribution is -0.147. The number of nitrogens with zero attached hydrogens (tertiary/aromatic N) is 1. The Bertz CT molecular complexity index is 1020. The Hall–Kier alpha value is -3.39. The molecule has 1 fully saturated rings. The lowest BCUT2D eigenvalue weighted by Crippen LogP contribution is -2.46. The fourth-order valence-corrected chi connectivity index (χ4v) is 4.95. The van der Waals surface area contributed by atoms with Crippen LogP contribution < -0.4 is 5.32 Å². The van der Waals surface area contributed by atoms with Crippen molar-refractivity contribution in [3.63, 3.8) is 0 Å². The number of piperidine rings is 1. The van der Waals surface area contributed by atoms with Crippen LogP contribution >= 0.6 is 0 Å². The molecule has 0 bridgehead atoms. The van der Waals surface area contributed by atoms with Gasteiger partial charge in [0.15, 0.2) is 0 Å². The van der Waals surface area contributed by atoms with Gasteiger partial charge in [-0.05, 0) is 41.5 Å². The average Bonchev–Trinajstić information content (AvgIpc) is 3.20. The van der Waals surface area contributed by atoms with Gasteiger partial charge in [0.1, 0.15) is 13.2 Å². The van der Waals surface area contributed by atoms with E-state index in [-0.39, 0.29) is 43.6 Å². The number of carbonyl (C=O) groups excluding carboxylic acids is 2. The monoisotopic (exact) mass is 480 g/mol. The third-order valence-electron chi connectivity index (χ3n) is 6.87. The number of carbonyl (C=O) groups is 3. The van der Waals surface area contributed by atoms with Crippen molar-refractivity contribution >= 4 is 18.0 Å². The van der Waals surface area contributed by atoms with Crippen molar-refractivity contribution in [2.24, 2.45) is 5.92 Å². The molecule has 2 amide bonds. The number of nitrogens with one attached hydrogen (secondary N) is 1. The highest BCUT2D eigenvalue weighted by Crippen LogP contribution is 2.44. The van der Waals surface area contributed by atoms with E-state index in [2.05, 4.69) is 29.6 Å². The van der Waals surface area contributed by atoms with Gasteiger partial charge in [-0.1, -0.05) is 55.5 Å². The fraction of sp³-hybridized carbons (Fsp3) is 0.444. The van der Waals surface area contributed by atoms with Gasteiger partial charge in [0.05, 0.1) is 12.0 Å². The first kappa shape index (κ1) is 24.7. The highest BCUT2D eigenvalue weighted by molar-refractivity contribution is 5.80. The summed E-state index contributed by atoms with van der Waals surface area (Å²) >= 11 is 0. The Morgan fingerprint density at radius 3 is 2.20 bits per heavy atom. The van der Waals surface area contributed by atoms with Crippen LogP contribution in [0.5, 0.6) is 0 Å². The maximum absolute atomic E-state index is 13.0. The smallest absolute Gasteiger partial charge is 0.407 e. The first-order chi connectivity index (χ1) is 17.0. The molecule has 1 unspecified atom stereocenters. The summed E-state index contributed by atoms with van der Waals surface area (Å²) in [6.45, 7) is 3.08. The molecule has 0 spiro atoms. The van der Waals surface area contributed by atoms with Crippen LogP contribution in [0, 0.1) is 5.92 Å². The van der Waals surface area contributed by atoms with Crippen molar-refractivity contribution in [1.29, 1.82) is 0 Å². The summed E-state index contributed by atoms with van der Waals surface area (Å²) < 4.78 is 10.9. The summed E-state index contributed by atoms with van der Waals surface area (Å²) in [4.78, 5) is 37.9. The molecule has 0 radical (unpaired) electrons. The molecule has 2 N–H and O–H groups in total. The van der Waals surface area contributed by atoms with E-state index in [4.69, 9.17) is 14.6 Å². The molecule has 1 saturated heterocycles. The predicted octanol–water partition coefficient (Wildman–Crippen LogP) is 3.64. The van der Waals surface area contributed by atoms with Crippen molar-refractivity contribution < 1.29 is 29.0 Å². The quantitative estimate of drug-likeness (QED) is 0.568. The predicted molar refractivity (Wildman–Crippen MR) is 130 cm³/mol. The number of likely N-dealkylation sites (tertiary alicyclic amines) is 1. The molecule has 1 aliphatic heterocycles. The molecule has 4 rings (SSSR count). The second kappa shape index (κ2) is 11.4. The SMILES string of the molecule is CCC(CNC(=O)OCC1c2ccccc2-c2ccccc21)C(=O)N1CCC(OCC(=O)O)CC1. The number of hydrogen-bond acceptors (Lipinski definition) is 5. The van der Waals surface area contributed by atoms with E-state index in [0.717, 1.165) is 11.1 Å². The van der Waals surface area contributed by atoms with Gasteiger partial charge in [0, 0.05) is 25.6 Å². The van der Waals surface area contributed by atoms with Crippen LogP contribution in [0.4, 0.5) is 4.79 Å². The summed E-state index contributed by atoms with van der Waals surface area (Å²) in [5.74, 6) is -1.36. The number of fused-ring (bicyclic) bond motifs is 3. The normalized spacial score (nSPS) is 16.3. The van der Waals surface area contributed by atoms with Gasteiger partial charge in [0.2, 0.25) is 5.91 Å². The van der Waals surface area contributed by atoms with Crippen LogP contribution in [0.2, 0.25) is 0 Å². The minimum Gasteiger partial charge on any atom is -0.480 e. The van der Waals surface area contributed by atoms with Crippen molar-refractivity contribution in [3.05, 3.63) is 59.7 Å². The van der Waals surface area contributed by atoms with Crippen molar-refractivity contribution in [2.45, 2.75) is 38.2 Å². The maximum atomic E-state index is 13.0. The standard InChI is InChI=1S/C27H32N2O6/c1-2-18(26(32)29-13-11-19(12-14-29)34-17-25(30)31)15-28-27(33)35-16-24-22-9-5-3-7-20(22)21-8-4-6-10-23(21)24/h3-10,18-19,24H,2,11-17H2,1H3,(H,28,33)(H,30,31). The summed E-state index contributed by atoms with van der Waals surface area (Å²) in [5.41, 5.74) is 4.65. The minimum atomic E-state index is -0.992. The van der Waals surface area contributed by atoms with E-state index in [9.17, 15) is 14.4 Å². The van der Waals surface area contributed by atoms with Gasteiger partial charge in [-0.3, -0.25) is 4.79 Å². The number of benzene rings is 2. The molecule has 8 heteroatoms. The number of alkyl carbamates (subject to hydrolysis) is 1. The van der Waals surface area contributed by atoms with Gasteiger partial charge in [-0.15, -0.1) is 0 Å². The van der Waals surface area contributed by atoms with Gasteiger partial charge in [0.25, 0.3) is 0 Å². The number of rotatable bonds is 9. The van der Waals surface area contributed by atoms with E-state index in [1.165, 1.54) is 11.1 Å². The minimum absolute atomic E-state index is 0.0110. The Kier molecular flexibility index (Phi) is 8.02. The molecule has 2 aliphatic rings. The van der Waals surface area contributed by atoms with Gasteiger partial charge in [-0.2, -0.15) is 0 Å². The number of carboxylic acid groups (broad SMARTS) is 1. The molecule has 0 aromatic heterocycles. The largest absolute Gasteiger partial charge is 0.480 e. The zero-order valence-electron chi connectivity index (χ0n) is 19.9. The molecular formula is C27H32N2O6.